The normalized spacial score (nSPS) is 11.7. The maximum atomic E-state index is 13.1. The molecule has 0 saturated carbocycles. The Morgan fingerprint density at radius 2 is 1.48 bits per heavy atom. The van der Waals surface area contributed by atoms with Gasteiger partial charge in [-0.2, -0.15) is 0 Å². The van der Waals surface area contributed by atoms with Gasteiger partial charge in [-0.05, 0) is 86.3 Å². The molecule has 0 bridgehead atoms. The molecule has 0 amide bonds. The average Bonchev–Trinajstić information content (AvgIpc) is 3.11. The van der Waals surface area contributed by atoms with Gasteiger partial charge in [0.25, 0.3) is 10.0 Å². The van der Waals surface area contributed by atoms with Gasteiger partial charge in [-0.3, -0.25) is 4.72 Å². The number of hydrogen-bond acceptors (Lipinski definition) is 4. The molecule has 4 aromatic rings. The number of para-hydroxylation sites is 1. The summed E-state index contributed by atoms with van der Waals surface area (Å²) in [7, 11) is -3.68. The van der Waals surface area contributed by atoms with E-state index in [0.717, 1.165) is 43.0 Å². The van der Waals surface area contributed by atoms with E-state index in [0.29, 0.717) is 10.6 Å². The minimum Gasteiger partial charge on any atom is -0.280 e. The fraction of sp³-hybridized carbons (Fsp3) is 0.174. The summed E-state index contributed by atoms with van der Waals surface area (Å²) >= 11 is 1.62. The molecule has 0 unspecified atom stereocenters. The van der Waals surface area contributed by atoms with Crippen LogP contribution in [0.5, 0.6) is 0 Å². The molecular formula is C23H22N2O2S2. The molecule has 0 aliphatic rings. The third-order valence-corrected chi connectivity index (χ3v) is 7.98. The van der Waals surface area contributed by atoms with Gasteiger partial charge in [0, 0.05) is 11.3 Å². The lowest BCUT2D eigenvalue weighted by atomic mass is 10.0. The molecule has 1 N–H and O–H groups in total. The van der Waals surface area contributed by atoms with Gasteiger partial charge in [0.2, 0.25) is 0 Å². The van der Waals surface area contributed by atoms with Crippen molar-refractivity contribution in [1.82, 2.24) is 4.98 Å². The van der Waals surface area contributed by atoms with Crippen LogP contribution in [-0.2, 0) is 10.0 Å². The third kappa shape index (κ3) is 3.66. The SMILES string of the molecule is Cc1cc(C)c(C)c(S(=O)(=O)Nc2ccc(-c3nc4ccccc4s3)cc2)c1C. The fourth-order valence-electron chi connectivity index (χ4n) is 3.47. The highest BCUT2D eigenvalue weighted by Crippen LogP contribution is 2.32. The Hall–Kier alpha value is -2.70. The maximum absolute atomic E-state index is 13.1. The first-order chi connectivity index (χ1) is 13.8. The highest BCUT2D eigenvalue weighted by molar-refractivity contribution is 7.92. The third-order valence-electron chi connectivity index (χ3n) is 5.24. The second-order valence-electron chi connectivity index (χ2n) is 7.26. The number of hydrogen-bond donors (Lipinski definition) is 1. The molecule has 0 saturated heterocycles. The van der Waals surface area contributed by atoms with Crippen LogP contribution in [0.15, 0.2) is 59.5 Å². The van der Waals surface area contributed by atoms with E-state index >= 15 is 0 Å². The minimum atomic E-state index is -3.68. The molecule has 1 aromatic heterocycles. The van der Waals surface area contributed by atoms with Crippen molar-refractivity contribution >= 4 is 37.3 Å². The lowest BCUT2D eigenvalue weighted by Crippen LogP contribution is -2.17. The number of nitrogens with zero attached hydrogens (tertiary/aromatic N) is 1. The van der Waals surface area contributed by atoms with Gasteiger partial charge in [-0.1, -0.05) is 18.2 Å². The Kier molecular flexibility index (Phi) is 4.92. The molecule has 6 heteroatoms. The van der Waals surface area contributed by atoms with Gasteiger partial charge < -0.3 is 0 Å². The predicted octanol–water partition coefficient (Wildman–Crippen LogP) is 6.00. The smallest absolute Gasteiger partial charge is 0.262 e. The van der Waals surface area contributed by atoms with Crippen LogP contribution >= 0.6 is 11.3 Å². The van der Waals surface area contributed by atoms with Gasteiger partial charge in [-0.25, -0.2) is 13.4 Å². The predicted molar refractivity (Wildman–Crippen MR) is 121 cm³/mol. The summed E-state index contributed by atoms with van der Waals surface area (Å²) in [6, 6.07) is 17.4. The standard InChI is InChI=1S/C23H22N2O2S2/c1-14-13-15(2)17(4)22(16(14)3)29(26,27)25-19-11-9-18(10-12-19)23-24-20-7-5-6-8-21(20)28-23/h5-13,25H,1-4H3. The maximum Gasteiger partial charge on any atom is 0.262 e. The zero-order valence-corrected chi connectivity index (χ0v) is 18.4. The number of aromatic nitrogens is 1. The Bertz CT molecular complexity index is 1260. The number of nitrogens with one attached hydrogen (secondary N) is 1. The van der Waals surface area contributed by atoms with E-state index in [-0.39, 0.29) is 0 Å². The second-order valence-corrected chi connectivity index (χ2v) is 9.91. The van der Waals surface area contributed by atoms with E-state index in [9.17, 15) is 8.42 Å². The van der Waals surface area contributed by atoms with E-state index in [1.165, 1.54) is 0 Å². The minimum absolute atomic E-state index is 0.366. The summed E-state index contributed by atoms with van der Waals surface area (Å²) in [4.78, 5) is 5.02. The van der Waals surface area contributed by atoms with Crippen LogP contribution in [0.4, 0.5) is 5.69 Å². The number of fused-ring (bicyclic) bond motifs is 1. The van der Waals surface area contributed by atoms with Crippen LogP contribution in [0.1, 0.15) is 22.3 Å². The Morgan fingerprint density at radius 3 is 2.10 bits per heavy atom. The zero-order valence-electron chi connectivity index (χ0n) is 16.8. The van der Waals surface area contributed by atoms with E-state index in [4.69, 9.17) is 0 Å². The number of anilines is 1. The van der Waals surface area contributed by atoms with Crippen molar-refractivity contribution in [3.8, 4) is 10.6 Å². The molecule has 148 valence electrons. The lowest BCUT2D eigenvalue weighted by molar-refractivity contribution is 0.599. The zero-order chi connectivity index (χ0) is 20.8. The second kappa shape index (κ2) is 7.28. The molecule has 4 nitrogen and oxygen atoms in total. The summed E-state index contributed by atoms with van der Waals surface area (Å²) in [6.07, 6.45) is 0. The number of rotatable bonds is 4. The van der Waals surface area contributed by atoms with Crippen LogP contribution in [0, 0.1) is 27.7 Å². The molecule has 4 rings (SSSR count). The van der Waals surface area contributed by atoms with Gasteiger partial charge in [0.1, 0.15) is 5.01 Å². The fourth-order valence-corrected chi connectivity index (χ4v) is 6.11. The Balaban J connectivity index is 1.65. The van der Waals surface area contributed by atoms with Gasteiger partial charge in [0.15, 0.2) is 0 Å². The highest BCUT2D eigenvalue weighted by atomic mass is 32.2. The number of sulfonamides is 1. The van der Waals surface area contributed by atoms with Crippen LogP contribution in [-0.4, -0.2) is 13.4 Å². The van der Waals surface area contributed by atoms with Crippen LogP contribution in [0.2, 0.25) is 0 Å². The molecule has 0 atom stereocenters. The van der Waals surface area contributed by atoms with E-state index in [1.807, 2.05) is 70.2 Å². The van der Waals surface area contributed by atoms with Crippen LogP contribution < -0.4 is 4.72 Å². The summed E-state index contributed by atoms with van der Waals surface area (Å²) in [5.41, 5.74) is 5.98. The molecule has 0 spiro atoms. The molecule has 3 aromatic carbocycles. The molecule has 0 radical (unpaired) electrons. The van der Waals surface area contributed by atoms with Gasteiger partial charge in [-0.15, -0.1) is 11.3 Å². The summed E-state index contributed by atoms with van der Waals surface area (Å²) in [6.45, 7) is 7.58. The van der Waals surface area contributed by atoms with Crippen molar-refractivity contribution in [1.29, 1.82) is 0 Å². The lowest BCUT2D eigenvalue weighted by Gasteiger charge is -2.16. The first-order valence-electron chi connectivity index (χ1n) is 9.32. The van der Waals surface area contributed by atoms with Crippen molar-refractivity contribution in [2.45, 2.75) is 32.6 Å². The number of aryl methyl sites for hydroxylation is 2. The van der Waals surface area contributed by atoms with Crippen molar-refractivity contribution in [2.75, 3.05) is 4.72 Å². The highest BCUT2D eigenvalue weighted by Gasteiger charge is 2.22. The first kappa shape index (κ1) is 19.6. The van der Waals surface area contributed by atoms with E-state index in [2.05, 4.69) is 9.71 Å². The van der Waals surface area contributed by atoms with Crippen LogP contribution in [0.25, 0.3) is 20.8 Å². The summed E-state index contributed by atoms with van der Waals surface area (Å²) in [5, 5.41) is 0.918. The number of thiazole rings is 1. The van der Waals surface area contributed by atoms with E-state index in [1.54, 1.807) is 23.5 Å². The van der Waals surface area contributed by atoms with Crippen molar-refractivity contribution in [2.24, 2.45) is 0 Å². The Labute approximate surface area is 175 Å². The molecular weight excluding hydrogens is 400 g/mol. The Morgan fingerprint density at radius 1 is 0.862 bits per heavy atom. The number of benzene rings is 3. The summed E-state index contributed by atoms with van der Waals surface area (Å²) < 4.78 is 30.1. The first-order valence-corrected chi connectivity index (χ1v) is 11.6. The largest absolute Gasteiger partial charge is 0.280 e. The molecule has 0 aliphatic heterocycles. The van der Waals surface area contributed by atoms with Crippen molar-refractivity contribution in [3.05, 3.63) is 76.9 Å². The molecule has 1 heterocycles. The van der Waals surface area contributed by atoms with Crippen molar-refractivity contribution in [3.63, 3.8) is 0 Å². The molecule has 0 aliphatic carbocycles. The van der Waals surface area contributed by atoms with Crippen molar-refractivity contribution < 1.29 is 8.42 Å². The average molecular weight is 423 g/mol. The van der Waals surface area contributed by atoms with Crippen LogP contribution in [0.3, 0.4) is 0 Å². The monoisotopic (exact) mass is 422 g/mol. The molecule has 0 fully saturated rings. The molecule has 29 heavy (non-hydrogen) atoms. The van der Waals surface area contributed by atoms with Gasteiger partial charge in [0.05, 0.1) is 15.1 Å². The topological polar surface area (TPSA) is 59.1 Å². The summed E-state index contributed by atoms with van der Waals surface area (Å²) in [5.74, 6) is 0. The van der Waals surface area contributed by atoms with E-state index < -0.39 is 10.0 Å². The quantitative estimate of drug-likeness (QED) is 0.439. The van der Waals surface area contributed by atoms with Gasteiger partial charge >= 0.3 is 0 Å².